The van der Waals surface area contributed by atoms with Crippen LogP contribution in [0.4, 0.5) is 5.95 Å². The molecule has 4 heterocycles. The first-order chi connectivity index (χ1) is 14.7. The highest BCUT2D eigenvalue weighted by Crippen LogP contribution is 2.40. The van der Waals surface area contributed by atoms with Crippen LogP contribution in [-0.4, -0.2) is 51.7 Å². The fraction of sp³-hybridized carbons (Fsp3) is 0.333. The van der Waals surface area contributed by atoms with Crippen LogP contribution in [0.15, 0.2) is 34.9 Å². The number of ether oxygens (including phenoxy) is 1. The average Bonchev–Trinajstić information content (AvgIpc) is 3.38. The van der Waals surface area contributed by atoms with E-state index in [1.807, 2.05) is 24.3 Å². The van der Waals surface area contributed by atoms with Gasteiger partial charge in [0.25, 0.3) is 0 Å². The lowest BCUT2D eigenvalue weighted by Gasteiger charge is -2.27. The molecule has 1 saturated heterocycles. The number of carbonyl (C=O) groups excluding carboxylic acids is 1. The van der Waals surface area contributed by atoms with Crippen molar-refractivity contribution >= 4 is 28.3 Å². The van der Waals surface area contributed by atoms with Gasteiger partial charge < -0.3 is 19.9 Å². The minimum atomic E-state index is -0.486. The number of carbonyl (C=O) groups is 1. The Labute approximate surface area is 171 Å². The van der Waals surface area contributed by atoms with E-state index >= 15 is 0 Å². The minimum absolute atomic E-state index is 0.348. The van der Waals surface area contributed by atoms with E-state index in [1.165, 1.54) is 0 Å². The summed E-state index contributed by atoms with van der Waals surface area (Å²) in [6, 6.07) is 9.49. The lowest BCUT2D eigenvalue weighted by Crippen LogP contribution is -2.37. The Balaban J connectivity index is 1.66. The maximum absolute atomic E-state index is 12.2. The Morgan fingerprint density at radius 2 is 1.90 bits per heavy atom. The topological polar surface area (TPSA) is 112 Å². The second-order valence-electron chi connectivity index (χ2n) is 7.75. The molecular formula is C21H20N6O3. The maximum atomic E-state index is 12.2. The van der Waals surface area contributed by atoms with E-state index in [0.29, 0.717) is 42.1 Å². The largest absolute Gasteiger partial charge is 0.378 e. The first-order valence-electron chi connectivity index (χ1n) is 10.1. The van der Waals surface area contributed by atoms with E-state index in [9.17, 15) is 4.79 Å². The maximum Gasteiger partial charge on any atom is 0.249 e. The zero-order valence-corrected chi connectivity index (χ0v) is 16.2. The van der Waals surface area contributed by atoms with Crippen molar-refractivity contribution in [1.82, 2.24) is 19.5 Å². The lowest BCUT2D eigenvalue weighted by molar-refractivity contribution is 0.100. The minimum Gasteiger partial charge on any atom is -0.378 e. The SMILES string of the molecule is NC(=O)c1cc2c(-c3noc(C4CC4)n3)nc(N3CCOCC3)n2c2ccccc12. The summed E-state index contributed by atoms with van der Waals surface area (Å²) in [5.74, 6) is 1.71. The molecular weight excluding hydrogens is 384 g/mol. The van der Waals surface area contributed by atoms with E-state index in [4.69, 9.17) is 20.0 Å². The van der Waals surface area contributed by atoms with E-state index in [-0.39, 0.29) is 0 Å². The molecule has 0 spiro atoms. The van der Waals surface area contributed by atoms with Crippen molar-refractivity contribution in [3.05, 3.63) is 41.8 Å². The molecule has 2 fully saturated rings. The predicted octanol–water partition coefficient (Wildman–Crippen LogP) is 2.35. The summed E-state index contributed by atoms with van der Waals surface area (Å²) in [7, 11) is 0. The number of nitrogens with zero attached hydrogens (tertiary/aromatic N) is 5. The molecule has 1 aromatic carbocycles. The normalized spacial score (nSPS) is 17.1. The molecule has 30 heavy (non-hydrogen) atoms. The molecule has 0 radical (unpaired) electrons. The average molecular weight is 404 g/mol. The first kappa shape index (κ1) is 17.4. The summed E-state index contributed by atoms with van der Waals surface area (Å²) in [5, 5.41) is 4.97. The molecule has 4 aromatic rings. The van der Waals surface area contributed by atoms with Crippen LogP contribution in [0.1, 0.15) is 35.0 Å². The van der Waals surface area contributed by atoms with Crippen LogP contribution in [0, 0.1) is 0 Å². The van der Waals surface area contributed by atoms with Gasteiger partial charge in [-0.25, -0.2) is 4.98 Å². The Morgan fingerprint density at radius 1 is 1.10 bits per heavy atom. The zero-order valence-electron chi connectivity index (χ0n) is 16.2. The summed E-state index contributed by atoms with van der Waals surface area (Å²) < 4.78 is 13.0. The molecule has 6 rings (SSSR count). The van der Waals surface area contributed by atoms with E-state index in [1.54, 1.807) is 6.07 Å². The monoisotopic (exact) mass is 404 g/mol. The van der Waals surface area contributed by atoms with Crippen LogP contribution in [0.25, 0.3) is 27.9 Å². The van der Waals surface area contributed by atoms with Gasteiger partial charge in [-0.15, -0.1) is 0 Å². The smallest absolute Gasteiger partial charge is 0.249 e. The molecule has 152 valence electrons. The van der Waals surface area contributed by atoms with Crippen molar-refractivity contribution < 1.29 is 14.1 Å². The number of benzene rings is 1. The lowest BCUT2D eigenvalue weighted by atomic mass is 10.1. The second-order valence-corrected chi connectivity index (χ2v) is 7.75. The number of anilines is 1. The standard InChI is InChI=1S/C21H20N6O3/c22-18(28)14-11-16-17(19-24-20(30-25-19)12-5-6-12)23-21(26-7-9-29-10-8-26)27(16)15-4-2-1-3-13(14)15/h1-4,11-12H,5-10H2,(H2,22,28). The van der Waals surface area contributed by atoms with E-state index in [2.05, 4.69) is 19.4 Å². The number of para-hydroxylation sites is 1. The number of primary amides is 1. The van der Waals surface area contributed by atoms with Gasteiger partial charge >= 0.3 is 0 Å². The quantitative estimate of drug-likeness (QED) is 0.556. The summed E-state index contributed by atoms with van der Waals surface area (Å²) in [5.41, 5.74) is 8.33. The third kappa shape index (κ3) is 2.66. The molecule has 1 amide bonds. The second kappa shape index (κ2) is 6.53. The molecule has 0 atom stereocenters. The number of imidazole rings is 1. The molecule has 3 aromatic heterocycles. The zero-order chi connectivity index (χ0) is 20.2. The van der Waals surface area contributed by atoms with Gasteiger partial charge in [-0.05, 0) is 25.0 Å². The molecule has 2 aliphatic rings. The fourth-order valence-corrected chi connectivity index (χ4v) is 4.07. The van der Waals surface area contributed by atoms with Gasteiger partial charge in [-0.2, -0.15) is 4.98 Å². The Hall–Kier alpha value is -3.46. The molecule has 1 saturated carbocycles. The third-order valence-corrected chi connectivity index (χ3v) is 5.75. The first-order valence-corrected chi connectivity index (χ1v) is 10.1. The number of rotatable bonds is 4. The number of amides is 1. The molecule has 2 N–H and O–H groups in total. The van der Waals surface area contributed by atoms with Crippen LogP contribution < -0.4 is 10.6 Å². The molecule has 1 aliphatic heterocycles. The number of hydrogen-bond donors (Lipinski definition) is 1. The van der Waals surface area contributed by atoms with Gasteiger partial charge in [0, 0.05) is 24.4 Å². The van der Waals surface area contributed by atoms with Crippen LogP contribution in [0.3, 0.4) is 0 Å². The van der Waals surface area contributed by atoms with Crippen molar-refractivity contribution in [3.63, 3.8) is 0 Å². The van der Waals surface area contributed by atoms with Gasteiger partial charge in [0.15, 0.2) is 0 Å². The van der Waals surface area contributed by atoms with Crippen molar-refractivity contribution in [2.75, 3.05) is 31.2 Å². The van der Waals surface area contributed by atoms with E-state index in [0.717, 1.165) is 48.3 Å². The number of hydrogen-bond acceptors (Lipinski definition) is 7. The highest BCUT2D eigenvalue weighted by atomic mass is 16.5. The highest BCUT2D eigenvalue weighted by molar-refractivity contribution is 6.08. The summed E-state index contributed by atoms with van der Waals surface area (Å²) in [6.07, 6.45) is 2.14. The Bertz CT molecular complexity index is 1280. The van der Waals surface area contributed by atoms with Crippen LogP contribution in [0.2, 0.25) is 0 Å². The number of fused-ring (bicyclic) bond motifs is 3. The van der Waals surface area contributed by atoms with Crippen molar-refractivity contribution in [2.24, 2.45) is 5.73 Å². The van der Waals surface area contributed by atoms with Gasteiger partial charge in [0.05, 0.1) is 29.8 Å². The number of morpholine rings is 1. The Kier molecular flexibility index (Phi) is 3.79. The molecule has 1 aliphatic carbocycles. The number of pyridine rings is 1. The molecule has 0 bridgehead atoms. The third-order valence-electron chi connectivity index (χ3n) is 5.75. The van der Waals surface area contributed by atoms with Gasteiger partial charge in [-0.1, -0.05) is 23.4 Å². The van der Waals surface area contributed by atoms with Crippen LogP contribution >= 0.6 is 0 Å². The molecule has 9 heteroatoms. The van der Waals surface area contributed by atoms with Crippen LogP contribution in [-0.2, 0) is 4.74 Å². The fourth-order valence-electron chi connectivity index (χ4n) is 4.07. The van der Waals surface area contributed by atoms with Crippen molar-refractivity contribution in [2.45, 2.75) is 18.8 Å². The summed E-state index contributed by atoms with van der Waals surface area (Å²) in [6.45, 7) is 2.72. The van der Waals surface area contributed by atoms with Gasteiger partial charge in [-0.3, -0.25) is 9.20 Å². The molecule has 9 nitrogen and oxygen atoms in total. The van der Waals surface area contributed by atoms with Gasteiger partial charge in [0.2, 0.25) is 23.6 Å². The van der Waals surface area contributed by atoms with Gasteiger partial charge in [0.1, 0.15) is 5.69 Å². The number of nitrogens with two attached hydrogens (primary N) is 1. The predicted molar refractivity (Wildman–Crippen MR) is 110 cm³/mol. The van der Waals surface area contributed by atoms with Crippen LogP contribution in [0.5, 0.6) is 0 Å². The van der Waals surface area contributed by atoms with Crippen molar-refractivity contribution in [3.8, 4) is 11.5 Å². The number of aromatic nitrogens is 4. The van der Waals surface area contributed by atoms with E-state index < -0.39 is 5.91 Å². The Morgan fingerprint density at radius 3 is 2.67 bits per heavy atom. The molecule has 0 unspecified atom stereocenters. The summed E-state index contributed by atoms with van der Waals surface area (Å²) in [4.78, 5) is 23.9. The summed E-state index contributed by atoms with van der Waals surface area (Å²) >= 11 is 0. The van der Waals surface area contributed by atoms with Crippen molar-refractivity contribution in [1.29, 1.82) is 0 Å². The highest BCUT2D eigenvalue weighted by Gasteiger charge is 2.31.